The van der Waals surface area contributed by atoms with Crippen LogP contribution in [-0.4, -0.2) is 29.3 Å². The van der Waals surface area contributed by atoms with Crippen molar-refractivity contribution in [2.24, 2.45) is 5.92 Å². The van der Waals surface area contributed by atoms with E-state index < -0.39 is 0 Å². The van der Waals surface area contributed by atoms with Gasteiger partial charge in [-0.1, -0.05) is 19.0 Å². The Morgan fingerprint density at radius 1 is 1.47 bits per heavy atom. The van der Waals surface area contributed by atoms with E-state index in [1.54, 1.807) is 6.92 Å². The number of carbonyl (C=O) groups excluding carboxylic acids is 1. The third kappa shape index (κ3) is 6.91. The van der Waals surface area contributed by atoms with Crippen LogP contribution in [0.3, 0.4) is 0 Å². The van der Waals surface area contributed by atoms with E-state index in [-0.39, 0.29) is 5.97 Å². The molecule has 108 valence electrons. The van der Waals surface area contributed by atoms with Gasteiger partial charge in [0.05, 0.1) is 13.2 Å². The third-order valence-corrected chi connectivity index (χ3v) is 2.42. The number of hydrogen-bond acceptors (Lipinski definition) is 6. The maximum Gasteiger partial charge on any atom is 0.305 e. The van der Waals surface area contributed by atoms with E-state index in [2.05, 4.69) is 29.3 Å². The molecule has 0 aliphatic carbocycles. The normalized spacial score (nSPS) is 10.9. The molecule has 0 atom stereocenters. The van der Waals surface area contributed by atoms with Crippen LogP contribution in [0, 0.1) is 5.92 Å². The summed E-state index contributed by atoms with van der Waals surface area (Å²) in [5.74, 6) is 1.69. The zero-order valence-electron chi connectivity index (χ0n) is 11.9. The summed E-state index contributed by atoms with van der Waals surface area (Å²) in [6.45, 7) is 7.75. The zero-order valence-corrected chi connectivity index (χ0v) is 11.9. The molecule has 6 heteroatoms. The topological polar surface area (TPSA) is 77.2 Å². The van der Waals surface area contributed by atoms with Crippen molar-refractivity contribution in [2.45, 2.75) is 46.6 Å². The summed E-state index contributed by atoms with van der Waals surface area (Å²) in [5.41, 5.74) is 0. The predicted octanol–water partition coefficient (Wildman–Crippen LogP) is 1.70. The number of esters is 1. The molecule has 19 heavy (non-hydrogen) atoms. The molecular formula is C13H23N3O3. The van der Waals surface area contributed by atoms with E-state index in [0.29, 0.717) is 37.2 Å². The number of carbonyl (C=O) groups is 1. The van der Waals surface area contributed by atoms with Gasteiger partial charge >= 0.3 is 5.97 Å². The Balaban J connectivity index is 2.12. The molecular weight excluding hydrogens is 246 g/mol. The highest BCUT2D eigenvalue weighted by atomic mass is 16.5. The van der Waals surface area contributed by atoms with Crippen LogP contribution in [-0.2, 0) is 22.5 Å². The maximum atomic E-state index is 11.1. The molecule has 0 fully saturated rings. The van der Waals surface area contributed by atoms with E-state index in [4.69, 9.17) is 9.26 Å². The van der Waals surface area contributed by atoms with Gasteiger partial charge in [-0.2, -0.15) is 4.98 Å². The van der Waals surface area contributed by atoms with Gasteiger partial charge in [0.25, 0.3) is 0 Å². The molecule has 1 aromatic rings. The average Bonchev–Trinajstić information content (AvgIpc) is 2.75. The van der Waals surface area contributed by atoms with E-state index in [9.17, 15) is 4.79 Å². The Kier molecular flexibility index (Phi) is 7.10. The fraction of sp³-hybridized carbons (Fsp3) is 0.769. The molecule has 0 aliphatic rings. The van der Waals surface area contributed by atoms with Crippen LogP contribution < -0.4 is 5.32 Å². The number of ether oxygens (including phenoxy) is 1. The molecule has 0 saturated carbocycles. The first kappa shape index (κ1) is 15.6. The van der Waals surface area contributed by atoms with Crippen molar-refractivity contribution < 1.29 is 14.1 Å². The molecule has 0 radical (unpaired) electrons. The molecule has 6 nitrogen and oxygen atoms in total. The third-order valence-electron chi connectivity index (χ3n) is 2.42. The quantitative estimate of drug-likeness (QED) is 0.543. The molecule has 1 rings (SSSR count). The van der Waals surface area contributed by atoms with Crippen LogP contribution in [0.4, 0.5) is 0 Å². The van der Waals surface area contributed by atoms with Crippen LogP contribution in [0.5, 0.6) is 0 Å². The second-order valence-corrected chi connectivity index (χ2v) is 4.79. The lowest BCUT2D eigenvalue weighted by molar-refractivity contribution is -0.143. The number of nitrogens with zero attached hydrogens (tertiary/aromatic N) is 2. The van der Waals surface area contributed by atoms with Crippen LogP contribution in [0.25, 0.3) is 0 Å². The van der Waals surface area contributed by atoms with Crippen LogP contribution in [0.2, 0.25) is 0 Å². The van der Waals surface area contributed by atoms with E-state index in [0.717, 1.165) is 19.4 Å². The Morgan fingerprint density at radius 2 is 2.26 bits per heavy atom. The van der Waals surface area contributed by atoms with E-state index in [1.807, 2.05) is 0 Å². The molecule has 1 heterocycles. The average molecular weight is 269 g/mol. The molecule has 0 aliphatic heterocycles. The summed E-state index contributed by atoms with van der Waals surface area (Å²) in [6, 6.07) is 0. The SMILES string of the molecule is CCOC(=O)CCCNCc1noc(CC(C)C)n1. The summed E-state index contributed by atoms with van der Waals surface area (Å²) < 4.78 is 9.97. The Morgan fingerprint density at radius 3 is 2.95 bits per heavy atom. The van der Waals surface area contributed by atoms with Crippen molar-refractivity contribution in [3.63, 3.8) is 0 Å². The molecule has 0 aromatic carbocycles. The molecule has 1 N–H and O–H groups in total. The molecule has 1 aromatic heterocycles. The summed E-state index contributed by atoms with van der Waals surface area (Å²) in [7, 11) is 0. The molecule has 0 amide bonds. The number of hydrogen-bond donors (Lipinski definition) is 1. The standard InChI is InChI=1S/C13H23N3O3/c1-4-18-13(17)6-5-7-14-9-11-15-12(19-16-11)8-10(2)3/h10,14H,4-9H2,1-3H3. The summed E-state index contributed by atoms with van der Waals surface area (Å²) in [5, 5.41) is 7.06. The largest absolute Gasteiger partial charge is 0.466 e. The van der Waals surface area contributed by atoms with Gasteiger partial charge in [-0.15, -0.1) is 0 Å². The highest BCUT2D eigenvalue weighted by Crippen LogP contribution is 2.05. The summed E-state index contributed by atoms with van der Waals surface area (Å²) in [6.07, 6.45) is 1.98. The fourth-order valence-electron chi connectivity index (χ4n) is 1.59. The molecule has 0 bridgehead atoms. The highest BCUT2D eigenvalue weighted by Gasteiger charge is 2.07. The minimum atomic E-state index is -0.150. The lowest BCUT2D eigenvalue weighted by atomic mass is 10.1. The second-order valence-electron chi connectivity index (χ2n) is 4.79. The van der Waals surface area contributed by atoms with Gasteiger partial charge in [-0.25, -0.2) is 0 Å². The van der Waals surface area contributed by atoms with Crippen LogP contribution >= 0.6 is 0 Å². The first-order valence-electron chi connectivity index (χ1n) is 6.79. The second kappa shape index (κ2) is 8.63. The van der Waals surface area contributed by atoms with Crippen molar-refractivity contribution in [2.75, 3.05) is 13.2 Å². The van der Waals surface area contributed by atoms with Crippen molar-refractivity contribution >= 4 is 5.97 Å². The lowest BCUT2D eigenvalue weighted by Crippen LogP contribution is -2.17. The van der Waals surface area contributed by atoms with Gasteiger partial charge in [-0.05, 0) is 25.8 Å². The Labute approximate surface area is 113 Å². The lowest BCUT2D eigenvalue weighted by Gasteiger charge is -2.02. The minimum Gasteiger partial charge on any atom is -0.466 e. The summed E-state index contributed by atoms with van der Waals surface area (Å²) in [4.78, 5) is 15.4. The molecule has 0 unspecified atom stereocenters. The monoisotopic (exact) mass is 269 g/mol. The molecule has 0 spiro atoms. The van der Waals surface area contributed by atoms with E-state index >= 15 is 0 Å². The zero-order chi connectivity index (χ0) is 14.1. The highest BCUT2D eigenvalue weighted by molar-refractivity contribution is 5.69. The fourth-order valence-corrected chi connectivity index (χ4v) is 1.59. The van der Waals surface area contributed by atoms with Crippen molar-refractivity contribution in [3.8, 4) is 0 Å². The Bertz CT molecular complexity index is 377. The van der Waals surface area contributed by atoms with Gasteiger partial charge in [0, 0.05) is 12.8 Å². The first-order valence-corrected chi connectivity index (χ1v) is 6.79. The van der Waals surface area contributed by atoms with Gasteiger partial charge in [-0.3, -0.25) is 4.79 Å². The van der Waals surface area contributed by atoms with Crippen molar-refractivity contribution in [3.05, 3.63) is 11.7 Å². The van der Waals surface area contributed by atoms with Gasteiger partial charge in [0.2, 0.25) is 5.89 Å². The number of aromatic nitrogens is 2. The molecule has 0 saturated heterocycles. The summed E-state index contributed by atoms with van der Waals surface area (Å²) >= 11 is 0. The first-order chi connectivity index (χ1) is 9.11. The van der Waals surface area contributed by atoms with Crippen LogP contribution in [0.1, 0.15) is 45.3 Å². The van der Waals surface area contributed by atoms with Gasteiger partial charge < -0.3 is 14.6 Å². The smallest absolute Gasteiger partial charge is 0.305 e. The Hall–Kier alpha value is -1.43. The van der Waals surface area contributed by atoms with Crippen LogP contribution in [0.15, 0.2) is 4.52 Å². The van der Waals surface area contributed by atoms with Gasteiger partial charge in [0.1, 0.15) is 0 Å². The number of rotatable bonds is 9. The predicted molar refractivity (Wildman–Crippen MR) is 70.4 cm³/mol. The van der Waals surface area contributed by atoms with Gasteiger partial charge in [0.15, 0.2) is 5.82 Å². The van der Waals surface area contributed by atoms with Crippen molar-refractivity contribution in [1.82, 2.24) is 15.5 Å². The maximum absolute atomic E-state index is 11.1. The minimum absolute atomic E-state index is 0.150. The number of nitrogens with one attached hydrogen (secondary N) is 1. The van der Waals surface area contributed by atoms with E-state index in [1.165, 1.54) is 0 Å². The van der Waals surface area contributed by atoms with Crippen molar-refractivity contribution in [1.29, 1.82) is 0 Å².